The molecule has 0 amide bonds. The van der Waals surface area contributed by atoms with Crippen LogP contribution in [-0.2, 0) is 30.3 Å². The van der Waals surface area contributed by atoms with E-state index < -0.39 is 0 Å². The van der Waals surface area contributed by atoms with Crippen LogP contribution in [0.4, 0.5) is 0 Å². The number of hydrogen-bond donors (Lipinski definition) is 0. The van der Waals surface area contributed by atoms with Gasteiger partial charge in [-0.25, -0.2) is 18.1 Å². The van der Waals surface area contributed by atoms with Gasteiger partial charge < -0.3 is 24.8 Å². The summed E-state index contributed by atoms with van der Waals surface area (Å²) in [6.07, 6.45) is 21.1. The van der Waals surface area contributed by atoms with Gasteiger partial charge in [-0.2, -0.15) is 17.2 Å². The summed E-state index contributed by atoms with van der Waals surface area (Å²) in [6.45, 7) is 24.8. The quantitative estimate of drug-likeness (QED) is 0.300. The van der Waals surface area contributed by atoms with Crippen molar-refractivity contribution in [1.29, 1.82) is 0 Å². The predicted octanol–water partition coefficient (Wildman–Crippen LogP) is 4.80. The molecule has 1 fully saturated rings. The van der Waals surface area contributed by atoms with Gasteiger partial charge in [-0.15, -0.1) is 13.3 Å². The third kappa shape index (κ3) is 5.78. The van der Waals surface area contributed by atoms with Gasteiger partial charge in [0.15, 0.2) is 0 Å². The molecule has 0 radical (unpaired) electrons. The first-order valence-corrected chi connectivity index (χ1v) is 17.4. The molecule has 1 aromatic rings. The molecule has 0 saturated heterocycles. The van der Waals surface area contributed by atoms with Gasteiger partial charge in [-0.3, -0.25) is 6.08 Å². The largest absolute Gasteiger partial charge is 1.00 e. The molecule has 0 spiro atoms. The molecule has 2 atom stereocenters. The summed E-state index contributed by atoms with van der Waals surface area (Å²) in [5.74, 6) is 2.24. The molecule has 0 bridgehead atoms. The standard InChI is InChI=1S/C29H37.C5H5.C5H10.2ClH.Hf/c1-18-25-22-17-19-13-9-10-14-20(19)24(22)21-15-11-12-16-23(21)29(25,8)28(6,7)27(4,5)26(18,2)3;1-2-4-5-3-1;1-3-5-4-2;;;/h9-11,13-15,23H,12,16-17H2,1-8H3;1-3H,4H2;3-4H2,1-2H3;2*1H;/q2*-1;;;;+2/p-2. The molecule has 2 unspecified atom stereocenters. The van der Waals surface area contributed by atoms with Crippen LogP contribution in [0.1, 0.15) is 112 Å². The molecular weight excluding hydrogens is 718 g/mol. The molecule has 0 aliphatic heterocycles. The first-order chi connectivity index (χ1) is 18.8. The smallest absolute Gasteiger partial charge is 0.00969 e. The van der Waals surface area contributed by atoms with E-state index in [1.807, 2.05) is 12.2 Å². The van der Waals surface area contributed by atoms with Gasteiger partial charge in [-0.1, -0.05) is 113 Å². The van der Waals surface area contributed by atoms with Gasteiger partial charge in [0.1, 0.15) is 0 Å². The normalized spacial score (nSPS) is 26.3. The van der Waals surface area contributed by atoms with Gasteiger partial charge >= 0.3 is 53.8 Å². The molecule has 1 saturated carbocycles. The van der Waals surface area contributed by atoms with E-state index in [0.717, 1.165) is 12.8 Å². The van der Waals surface area contributed by atoms with Crippen LogP contribution in [0.25, 0.3) is 5.57 Å². The summed E-state index contributed by atoms with van der Waals surface area (Å²) in [4.78, 5) is 0. The average molecular weight is 770 g/mol. The number of halogens is 2. The van der Waals surface area contributed by atoms with E-state index in [2.05, 4.69) is 118 Å². The number of hydrogen-bond acceptors (Lipinski definition) is 0. The Hall–Kier alpha value is -0.890. The average Bonchev–Trinajstić information content (AvgIpc) is 3.64. The molecule has 0 aromatic heterocycles. The monoisotopic (exact) mass is 770 g/mol. The molecule has 228 valence electrons. The van der Waals surface area contributed by atoms with Crippen LogP contribution >= 0.6 is 0 Å². The van der Waals surface area contributed by atoms with E-state index in [0.29, 0.717) is 5.92 Å². The molecule has 42 heavy (non-hydrogen) atoms. The van der Waals surface area contributed by atoms with Gasteiger partial charge in [-0.05, 0) is 40.6 Å². The van der Waals surface area contributed by atoms with E-state index in [9.17, 15) is 0 Å². The first kappa shape index (κ1) is 37.3. The number of allylic oxidation sites excluding steroid dienone is 10. The molecule has 0 nitrogen and oxygen atoms in total. The van der Waals surface area contributed by atoms with Gasteiger partial charge in [0, 0.05) is 0 Å². The summed E-state index contributed by atoms with van der Waals surface area (Å²) < 4.78 is 1.73. The Bertz CT molecular complexity index is 1280. The van der Waals surface area contributed by atoms with Gasteiger partial charge in [0.05, 0.1) is 0 Å². The van der Waals surface area contributed by atoms with Crippen molar-refractivity contribution >= 4 is 8.83 Å². The Labute approximate surface area is 285 Å². The summed E-state index contributed by atoms with van der Waals surface area (Å²) in [5.41, 5.74) is 10.3. The number of rotatable bonds is 2. The van der Waals surface area contributed by atoms with Crippen LogP contribution in [0.5, 0.6) is 0 Å². The maximum Gasteiger partial charge on any atom is -0.00969 e. The Balaban J connectivity index is 0.000000403. The predicted molar refractivity (Wildman–Crippen MR) is 171 cm³/mol. The van der Waals surface area contributed by atoms with Crippen molar-refractivity contribution in [2.24, 2.45) is 27.6 Å². The molecule has 5 aliphatic rings. The topological polar surface area (TPSA) is 0 Å². The van der Waals surface area contributed by atoms with Crippen molar-refractivity contribution in [3.8, 4) is 0 Å². The van der Waals surface area contributed by atoms with Crippen molar-refractivity contribution in [1.82, 2.24) is 0 Å². The van der Waals surface area contributed by atoms with Gasteiger partial charge in [0.2, 0.25) is 0 Å². The Kier molecular flexibility index (Phi) is 12.5. The fourth-order valence-electron chi connectivity index (χ4n) is 8.16. The fourth-order valence-corrected chi connectivity index (χ4v) is 8.16. The second kappa shape index (κ2) is 14.0. The van der Waals surface area contributed by atoms with Crippen molar-refractivity contribution in [2.45, 2.75) is 108 Å². The molecule has 6 rings (SSSR count). The zero-order chi connectivity index (χ0) is 29.5. The maximum atomic E-state index is 2.99. The van der Waals surface area contributed by atoms with Crippen LogP contribution in [-0.4, -0.2) is 3.26 Å². The zero-order valence-electron chi connectivity index (χ0n) is 27.8. The van der Waals surface area contributed by atoms with E-state index in [-0.39, 0.29) is 46.5 Å². The van der Waals surface area contributed by atoms with Crippen molar-refractivity contribution in [3.63, 3.8) is 0 Å². The number of fused-ring (bicyclic) bond motifs is 6. The van der Waals surface area contributed by atoms with Crippen LogP contribution in [0.15, 0.2) is 71.4 Å². The molecule has 1 aromatic carbocycles. The summed E-state index contributed by atoms with van der Waals surface area (Å²) in [7, 11) is 0. The van der Waals surface area contributed by atoms with Gasteiger partial charge in [0.25, 0.3) is 0 Å². The van der Waals surface area contributed by atoms with Crippen LogP contribution < -0.4 is 24.8 Å². The van der Waals surface area contributed by atoms with Crippen molar-refractivity contribution < 1.29 is 48.7 Å². The summed E-state index contributed by atoms with van der Waals surface area (Å²) in [5, 5.41) is 0. The summed E-state index contributed by atoms with van der Waals surface area (Å²) >= 11 is 1.31. The van der Waals surface area contributed by atoms with E-state index in [1.165, 1.54) is 60.7 Å². The molecule has 0 heterocycles. The fraction of sp³-hybridized carbons (Fsp3) is 0.538. The third-order valence-electron chi connectivity index (χ3n) is 12.2. The minimum absolute atomic E-state index is 0. The maximum absolute atomic E-state index is 2.99. The first-order valence-electron chi connectivity index (χ1n) is 15.6. The number of benzene rings is 1. The van der Waals surface area contributed by atoms with Crippen LogP contribution in [0, 0.1) is 39.6 Å². The minimum Gasteiger partial charge on any atom is -1.00 e. The molecular formula is C39H52Cl2Hf-2. The van der Waals surface area contributed by atoms with E-state index in [1.54, 1.807) is 31.5 Å². The third-order valence-corrected chi connectivity index (χ3v) is 14.8. The zero-order valence-corrected chi connectivity index (χ0v) is 32.9. The van der Waals surface area contributed by atoms with Crippen molar-refractivity contribution in [3.05, 3.63) is 94.5 Å². The Morgan fingerprint density at radius 1 is 0.952 bits per heavy atom. The minimum atomic E-state index is 0. The van der Waals surface area contributed by atoms with Crippen molar-refractivity contribution in [2.75, 3.05) is 0 Å². The molecule has 0 N–H and O–H groups in total. The second-order valence-corrected chi connectivity index (χ2v) is 16.6. The Morgan fingerprint density at radius 3 is 2.12 bits per heavy atom. The Morgan fingerprint density at radius 2 is 1.60 bits per heavy atom. The molecule has 5 aliphatic carbocycles. The SMILES string of the molecule is CC[C](=[Hf+2])CC.C[C-]1C2=C3Cc4ccccc4C3=C3C=CCCC3C2(C)C(C)(C)C(C)(C)C1(C)C.[C-]1=CC=CC1.[Cl-].[Cl-]. The van der Waals surface area contributed by atoms with Crippen LogP contribution in [0.2, 0.25) is 0 Å². The second-order valence-electron chi connectivity index (χ2n) is 14.1. The van der Waals surface area contributed by atoms with E-state index in [4.69, 9.17) is 0 Å². The summed E-state index contributed by atoms with van der Waals surface area (Å²) in [6, 6.07) is 9.16. The van der Waals surface area contributed by atoms with E-state index >= 15 is 0 Å². The van der Waals surface area contributed by atoms with Crippen LogP contribution in [0.3, 0.4) is 0 Å². The molecule has 3 heteroatoms.